The van der Waals surface area contributed by atoms with E-state index >= 15 is 0 Å². The van der Waals surface area contributed by atoms with E-state index in [1.54, 1.807) is 24.5 Å². The quantitative estimate of drug-likeness (QED) is 0.653. The number of halogens is 1. The summed E-state index contributed by atoms with van der Waals surface area (Å²) < 4.78 is 11.6. The lowest BCUT2D eigenvalue weighted by Gasteiger charge is -2.06. The molecule has 2 aromatic heterocycles. The molecule has 0 saturated carbocycles. The van der Waals surface area contributed by atoms with Crippen molar-refractivity contribution in [3.05, 3.63) is 59.2 Å². The number of nitrogens with zero attached hydrogens (tertiary/aromatic N) is 3. The van der Waals surface area contributed by atoms with Crippen LogP contribution in [0.15, 0.2) is 57.8 Å². The summed E-state index contributed by atoms with van der Waals surface area (Å²) in [6, 6.07) is 11.0. The molecule has 3 rings (SSSR count). The highest BCUT2D eigenvalue weighted by molar-refractivity contribution is 9.10. The Kier molecular flexibility index (Phi) is 5.73. The van der Waals surface area contributed by atoms with Gasteiger partial charge in [-0.25, -0.2) is 0 Å². The smallest absolute Gasteiger partial charge is 0.246 e. The molecule has 1 amide bonds. The van der Waals surface area contributed by atoms with Crippen LogP contribution in [0.2, 0.25) is 0 Å². The Labute approximate surface area is 152 Å². The second-order valence-electron chi connectivity index (χ2n) is 5.08. The van der Waals surface area contributed by atoms with Crippen LogP contribution in [0.5, 0.6) is 5.75 Å². The SMILES string of the molecule is O=C(CCOc1cccc(Br)c1)NCc1nc(-c2ccncc2)no1. The van der Waals surface area contributed by atoms with Gasteiger partial charge in [0, 0.05) is 22.4 Å². The normalized spacial score (nSPS) is 10.4. The Bertz CT molecular complexity index is 839. The summed E-state index contributed by atoms with van der Waals surface area (Å²) in [5.74, 6) is 1.36. The summed E-state index contributed by atoms with van der Waals surface area (Å²) in [4.78, 5) is 20.0. The number of hydrogen-bond acceptors (Lipinski definition) is 6. The van der Waals surface area contributed by atoms with Gasteiger partial charge in [0.2, 0.25) is 17.6 Å². The molecule has 0 atom stereocenters. The Morgan fingerprint density at radius 3 is 2.88 bits per heavy atom. The van der Waals surface area contributed by atoms with Crippen molar-refractivity contribution in [1.29, 1.82) is 0 Å². The third-order valence-electron chi connectivity index (χ3n) is 3.24. The third-order valence-corrected chi connectivity index (χ3v) is 3.73. The Balaban J connectivity index is 1.43. The van der Waals surface area contributed by atoms with Crippen molar-refractivity contribution in [2.45, 2.75) is 13.0 Å². The van der Waals surface area contributed by atoms with Crippen LogP contribution < -0.4 is 10.1 Å². The number of rotatable bonds is 7. The molecular formula is C17H15BrN4O3. The number of carbonyl (C=O) groups excluding carboxylic acids is 1. The number of ether oxygens (including phenoxy) is 1. The summed E-state index contributed by atoms with van der Waals surface area (Å²) in [7, 11) is 0. The third kappa shape index (κ3) is 5.12. The number of hydrogen-bond donors (Lipinski definition) is 1. The Morgan fingerprint density at radius 2 is 2.08 bits per heavy atom. The molecule has 0 aliphatic rings. The molecular weight excluding hydrogens is 388 g/mol. The molecule has 3 aromatic rings. The highest BCUT2D eigenvalue weighted by Crippen LogP contribution is 2.17. The van der Waals surface area contributed by atoms with E-state index in [0.717, 1.165) is 10.0 Å². The van der Waals surface area contributed by atoms with Gasteiger partial charge in [-0.05, 0) is 30.3 Å². The first-order chi connectivity index (χ1) is 12.2. The zero-order valence-corrected chi connectivity index (χ0v) is 14.8. The first-order valence-corrected chi connectivity index (χ1v) is 8.38. The van der Waals surface area contributed by atoms with Crippen molar-refractivity contribution in [2.24, 2.45) is 0 Å². The standard InChI is InChI=1S/C17H15BrN4O3/c18-13-2-1-3-14(10-13)24-9-6-15(23)20-11-16-21-17(22-25-16)12-4-7-19-8-5-12/h1-5,7-8,10H,6,9,11H2,(H,20,23). The topological polar surface area (TPSA) is 90.1 Å². The van der Waals surface area contributed by atoms with Crippen molar-refractivity contribution >= 4 is 21.8 Å². The number of benzene rings is 1. The first-order valence-electron chi connectivity index (χ1n) is 7.59. The largest absolute Gasteiger partial charge is 0.493 e. The van der Waals surface area contributed by atoms with Crippen molar-refractivity contribution in [3.8, 4) is 17.1 Å². The van der Waals surface area contributed by atoms with Crippen LogP contribution in [-0.4, -0.2) is 27.6 Å². The maximum Gasteiger partial charge on any atom is 0.246 e. The minimum Gasteiger partial charge on any atom is -0.493 e. The van der Waals surface area contributed by atoms with Gasteiger partial charge in [0.15, 0.2) is 0 Å². The average molecular weight is 403 g/mol. The molecule has 0 unspecified atom stereocenters. The van der Waals surface area contributed by atoms with E-state index in [9.17, 15) is 4.79 Å². The van der Waals surface area contributed by atoms with Gasteiger partial charge in [-0.2, -0.15) is 4.98 Å². The van der Waals surface area contributed by atoms with Gasteiger partial charge in [-0.1, -0.05) is 27.2 Å². The Hall–Kier alpha value is -2.74. The summed E-state index contributed by atoms with van der Waals surface area (Å²) in [6.07, 6.45) is 3.54. The molecule has 7 nitrogen and oxygen atoms in total. The van der Waals surface area contributed by atoms with E-state index in [2.05, 4.69) is 36.4 Å². The van der Waals surface area contributed by atoms with E-state index in [1.807, 2.05) is 24.3 Å². The van der Waals surface area contributed by atoms with Crippen LogP contribution in [0.4, 0.5) is 0 Å². The second-order valence-corrected chi connectivity index (χ2v) is 6.00. The second kappa shape index (κ2) is 8.39. The fraction of sp³-hybridized carbons (Fsp3) is 0.176. The first kappa shape index (κ1) is 17.1. The van der Waals surface area contributed by atoms with Crippen molar-refractivity contribution in [1.82, 2.24) is 20.4 Å². The zero-order valence-electron chi connectivity index (χ0n) is 13.2. The minimum absolute atomic E-state index is 0.154. The van der Waals surface area contributed by atoms with Crippen molar-refractivity contribution in [2.75, 3.05) is 6.61 Å². The lowest BCUT2D eigenvalue weighted by molar-refractivity contribution is -0.121. The molecule has 0 aliphatic carbocycles. The van der Waals surface area contributed by atoms with Crippen molar-refractivity contribution < 1.29 is 14.1 Å². The number of pyridine rings is 1. The molecule has 1 N–H and O–H groups in total. The summed E-state index contributed by atoms with van der Waals surface area (Å²) in [5, 5.41) is 6.60. The molecule has 0 bridgehead atoms. The molecule has 128 valence electrons. The minimum atomic E-state index is -0.154. The summed E-state index contributed by atoms with van der Waals surface area (Å²) >= 11 is 3.37. The molecule has 8 heteroatoms. The Morgan fingerprint density at radius 1 is 1.24 bits per heavy atom. The fourth-order valence-electron chi connectivity index (χ4n) is 2.03. The van der Waals surface area contributed by atoms with Gasteiger partial charge in [0.25, 0.3) is 0 Å². The molecule has 0 fully saturated rings. The average Bonchev–Trinajstić information content (AvgIpc) is 3.10. The van der Waals surface area contributed by atoms with E-state index in [-0.39, 0.29) is 25.5 Å². The van der Waals surface area contributed by atoms with Crippen LogP contribution in [-0.2, 0) is 11.3 Å². The van der Waals surface area contributed by atoms with Gasteiger partial charge < -0.3 is 14.6 Å². The van der Waals surface area contributed by atoms with Crippen molar-refractivity contribution in [3.63, 3.8) is 0 Å². The summed E-state index contributed by atoms with van der Waals surface area (Å²) in [5.41, 5.74) is 0.804. The zero-order chi connectivity index (χ0) is 17.5. The van der Waals surface area contributed by atoms with Crippen LogP contribution in [0.25, 0.3) is 11.4 Å². The number of amides is 1. The van der Waals surface area contributed by atoms with E-state index < -0.39 is 0 Å². The fourth-order valence-corrected chi connectivity index (χ4v) is 2.40. The van der Waals surface area contributed by atoms with Gasteiger partial charge in [0.05, 0.1) is 19.6 Å². The van der Waals surface area contributed by atoms with Gasteiger partial charge in [0.1, 0.15) is 5.75 Å². The maximum atomic E-state index is 11.9. The predicted octanol–water partition coefficient (Wildman–Crippen LogP) is 2.98. The van der Waals surface area contributed by atoms with Crippen LogP contribution >= 0.6 is 15.9 Å². The molecule has 0 spiro atoms. The predicted molar refractivity (Wildman–Crippen MR) is 93.6 cm³/mol. The number of aromatic nitrogens is 3. The van der Waals surface area contributed by atoms with Crippen LogP contribution in [0, 0.1) is 0 Å². The van der Waals surface area contributed by atoms with Crippen LogP contribution in [0.1, 0.15) is 12.3 Å². The maximum absolute atomic E-state index is 11.9. The monoisotopic (exact) mass is 402 g/mol. The lowest BCUT2D eigenvalue weighted by atomic mass is 10.2. The molecule has 0 aliphatic heterocycles. The van der Waals surface area contributed by atoms with E-state index in [4.69, 9.17) is 9.26 Å². The lowest BCUT2D eigenvalue weighted by Crippen LogP contribution is -2.24. The number of nitrogens with one attached hydrogen (secondary N) is 1. The van der Waals surface area contributed by atoms with Gasteiger partial charge in [-0.15, -0.1) is 0 Å². The van der Waals surface area contributed by atoms with Gasteiger partial charge in [-0.3, -0.25) is 9.78 Å². The molecule has 2 heterocycles. The highest BCUT2D eigenvalue weighted by Gasteiger charge is 2.10. The summed E-state index contributed by atoms with van der Waals surface area (Å²) in [6.45, 7) is 0.461. The van der Waals surface area contributed by atoms with E-state index in [0.29, 0.717) is 17.5 Å². The molecule has 25 heavy (non-hydrogen) atoms. The van der Waals surface area contributed by atoms with Gasteiger partial charge >= 0.3 is 0 Å². The van der Waals surface area contributed by atoms with Crippen LogP contribution in [0.3, 0.4) is 0 Å². The molecule has 1 aromatic carbocycles. The van der Waals surface area contributed by atoms with E-state index in [1.165, 1.54) is 0 Å². The molecule has 0 saturated heterocycles. The number of carbonyl (C=O) groups is 1. The molecule has 0 radical (unpaired) electrons. The highest BCUT2D eigenvalue weighted by atomic mass is 79.9.